The number of hydrogen-bond donors (Lipinski definition) is 2. The molecule has 2 heterocycles. The Kier molecular flexibility index (Phi) is 9.96. The molecule has 31 heavy (non-hydrogen) atoms. The number of rotatable bonds is 9. The first-order valence-electron chi connectivity index (χ1n) is 10.5. The lowest BCUT2D eigenvalue weighted by Crippen LogP contribution is -2.36. The minimum atomic E-state index is 0. The highest BCUT2D eigenvalue weighted by molar-refractivity contribution is 14.0. The Bertz CT molecular complexity index is 961. The van der Waals surface area contributed by atoms with Crippen LogP contribution in [0.15, 0.2) is 38.3 Å². The quantitative estimate of drug-likeness (QED) is 0.238. The number of aromatic nitrogens is 3. The smallest absolute Gasteiger partial charge is 0.257 e. The summed E-state index contributed by atoms with van der Waals surface area (Å²) in [5.74, 6) is 2.93. The van der Waals surface area contributed by atoms with Gasteiger partial charge in [-0.25, -0.2) is 0 Å². The lowest BCUT2D eigenvalue weighted by molar-refractivity contribution is 0.380. The molecular weight excluding hydrogens is 507 g/mol. The fraction of sp³-hybridized carbons (Fsp3) is 0.455. The largest absolute Gasteiger partial charge is 0.361 e. The molecule has 0 aliphatic rings. The van der Waals surface area contributed by atoms with E-state index in [9.17, 15) is 0 Å². The summed E-state index contributed by atoms with van der Waals surface area (Å²) in [6.07, 6.45) is 3.47. The lowest BCUT2D eigenvalue weighted by atomic mass is 10.1. The van der Waals surface area contributed by atoms with Crippen molar-refractivity contribution >= 4 is 29.9 Å². The molecule has 8 nitrogen and oxygen atoms in total. The van der Waals surface area contributed by atoms with Crippen molar-refractivity contribution < 1.29 is 9.05 Å². The van der Waals surface area contributed by atoms with E-state index in [-0.39, 0.29) is 24.0 Å². The van der Waals surface area contributed by atoms with Gasteiger partial charge in [-0.2, -0.15) is 4.98 Å². The number of benzene rings is 1. The molecule has 3 rings (SSSR count). The monoisotopic (exact) mass is 538 g/mol. The molecule has 0 aliphatic carbocycles. The zero-order chi connectivity index (χ0) is 21.3. The normalized spacial score (nSPS) is 11.3. The summed E-state index contributed by atoms with van der Waals surface area (Å²) < 4.78 is 10.8. The highest BCUT2D eigenvalue weighted by Gasteiger charge is 2.14. The summed E-state index contributed by atoms with van der Waals surface area (Å²) in [5, 5.41) is 14.9. The van der Waals surface area contributed by atoms with E-state index in [1.807, 2.05) is 18.2 Å². The molecule has 3 aromatic rings. The summed E-state index contributed by atoms with van der Waals surface area (Å²) in [7, 11) is 1.76. The Labute approximate surface area is 200 Å². The van der Waals surface area contributed by atoms with Crippen LogP contribution in [0.4, 0.5) is 0 Å². The van der Waals surface area contributed by atoms with Gasteiger partial charge in [0.25, 0.3) is 5.89 Å². The molecule has 9 heteroatoms. The topological polar surface area (TPSA) is 101 Å². The maximum atomic E-state index is 5.43. The third-order valence-corrected chi connectivity index (χ3v) is 4.84. The molecule has 0 spiro atoms. The predicted octanol–water partition coefficient (Wildman–Crippen LogP) is 4.29. The van der Waals surface area contributed by atoms with Gasteiger partial charge in [-0.1, -0.05) is 43.2 Å². The van der Waals surface area contributed by atoms with E-state index in [0.717, 1.165) is 59.7 Å². The Balaban J connectivity index is 0.00000341. The van der Waals surface area contributed by atoms with E-state index in [1.54, 1.807) is 7.05 Å². The Morgan fingerprint density at radius 2 is 1.84 bits per heavy atom. The Morgan fingerprint density at radius 1 is 1.03 bits per heavy atom. The molecular formula is C22H31IN6O2. The zero-order valence-corrected chi connectivity index (χ0v) is 20.9. The molecule has 0 fully saturated rings. The van der Waals surface area contributed by atoms with Crippen LogP contribution in [0.5, 0.6) is 0 Å². The molecule has 0 amide bonds. The fourth-order valence-corrected chi connectivity index (χ4v) is 3.23. The van der Waals surface area contributed by atoms with Crippen molar-refractivity contribution in [3.63, 3.8) is 0 Å². The van der Waals surface area contributed by atoms with Crippen molar-refractivity contribution in [2.24, 2.45) is 4.99 Å². The van der Waals surface area contributed by atoms with Crippen LogP contribution in [-0.2, 0) is 32.4 Å². The molecule has 0 atom stereocenters. The number of hydrogen-bond acceptors (Lipinski definition) is 6. The van der Waals surface area contributed by atoms with Crippen molar-refractivity contribution in [3.8, 4) is 11.5 Å². The second kappa shape index (κ2) is 12.4. The van der Waals surface area contributed by atoms with Gasteiger partial charge >= 0.3 is 0 Å². The minimum absolute atomic E-state index is 0. The van der Waals surface area contributed by atoms with E-state index >= 15 is 0 Å². The predicted molar refractivity (Wildman–Crippen MR) is 131 cm³/mol. The maximum absolute atomic E-state index is 5.43. The van der Waals surface area contributed by atoms with E-state index in [1.165, 1.54) is 0 Å². The second-order valence-corrected chi connectivity index (χ2v) is 6.98. The number of aryl methyl sites for hydroxylation is 3. The number of halogens is 1. The summed E-state index contributed by atoms with van der Waals surface area (Å²) in [4.78, 5) is 8.78. The minimum Gasteiger partial charge on any atom is -0.361 e. The molecule has 0 saturated heterocycles. The number of aliphatic imine (C=N–C) groups is 1. The molecule has 2 N–H and O–H groups in total. The van der Waals surface area contributed by atoms with Crippen molar-refractivity contribution in [2.75, 3.05) is 7.05 Å². The van der Waals surface area contributed by atoms with E-state index in [2.05, 4.69) is 57.8 Å². The molecule has 1 aromatic carbocycles. The van der Waals surface area contributed by atoms with Gasteiger partial charge in [0.1, 0.15) is 5.76 Å². The number of nitrogens with one attached hydrogen (secondary N) is 2. The van der Waals surface area contributed by atoms with E-state index < -0.39 is 0 Å². The molecule has 2 aromatic heterocycles. The molecule has 168 valence electrons. The average molecular weight is 538 g/mol. The summed E-state index contributed by atoms with van der Waals surface area (Å²) in [6.45, 7) is 7.48. The van der Waals surface area contributed by atoms with Crippen LogP contribution >= 0.6 is 24.0 Å². The van der Waals surface area contributed by atoms with Crippen LogP contribution in [0.1, 0.15) is 55.6 Å². The number of nitrogens with zero attached hydrogens (tertiary/aromatic N) is 4. The first-order valence-corrected chi connectivity index (χ1v) is 10.5. The van der Waals surface area contributed by atoms with Crippen LogP contribution in [-0.4, -0.2) is 28.3 Å². The van der Waals surface area contributed by atoms with Crippen LogP contribution in [0.3, 0.4) is 0 Å². The van der Waals surface area contributed by atoms with Gasteiger partial charge in [-0.3, -0.25) is 4.99 Å². The van der Waals surface area contributed by atoms with Gasteiger partial charge in [0, 0.05) is 44.1 Å². The van der Waals surface area contributed by atoms with Crippen LogP contribution in [0.2, 0.25) is 0 Å². The summed E-state index contributed by atoms with van der Waals surface area (Å²) >= 11 is 0. The summed E-state index contributed by atoms with van der Waals surface area (Å²) in [6, 6.07) is 8.07. The van der Waals surface area contributed by atoms with Gasteiger partial charge in [0.15, 0.2) is 11.8 Å². The van der Waals surface area contributed by atoms with Gasteiger partial charge in [-0.05, 0) is 30.5 Å². The van der Waals surface area contributed by atoms with Gasteiger partial charge < -0.3 is 19.7 Å². The Morgan fingerprint density at radius 3 is 2.55 bits per heavy atom. The first-order chi connectivity index (χ1) is 14.7. The van der Waals surface area contributed by atoms with Crippen molar-refractivity contribution in [3.05, 3.63) is 52.7 Å². The van der Waals surface area contributed by atoms with E-state index in [0.29, 0.717) is 24.9 Å². The maximum Gasteiger partial charge on any atom is 0.257 e. The summed E-state index contributed by atoms with van der Waals surface area (Å²) in [5.41, 5.74) is 4.12. The zero-order valence-electron chi connectivity index (χ0n) is 18.6. The van der Waals surface area contributed by atoms with Crippen molar-refractivity contribution in [2.45, 2.75) is 59.5 Å². The fourth-order valence-electron chi connectivity index (χ4n) is 3.23. The Hall–Kier alpha value is -2.43. The molecule has 0 unspecified atom stereocenters. The van der Waals surface area contributed by atoms with Gasteiger partial charge in [0.2, 0.25) is 0 Å². The molecule has 0 saturated carbocycles. The van der Waals surface area contributed by atoms with Gasteiger partial charge in [0.05, 0.1) is 5.69 Å². The highest BCUT2D eigenvalue weighted by Crippen LogP contribution is 2.19. The SMILES string of the molecule is CCCc1noc(-c2cccc(CNC(=NC)NCc3c(CC)noc3CC)c2)n1.I. The highest BCUT2D eigenvalue weighted by atomic mass is 127. The van der Waals surface area contributed by atoms with E-state index in [4.69, 9.17) is 9.05 Å². The first kappa shape index (κ1) is 24.8. The number of guanidine groups is 1. The lowest BCUT2D eigenvalue weighted by Gasteiger charge is -2.12. The van der Waals surface area contributed by atoms with Crippen LogP contribution < -0.4 is 10.6 Å². The molecule has 0 aliphatic heterocycles. The third kappa shape index (κ3) is 6.52. The average Bonchev–Trinajstić information content (AvgIpc) is 3.41. The molecule has 0 bridgehead atoms. The van der Waals surface area contributed by atoms with Crippen LogP contribution in [0, 0.1) is 0 Å². The van der Waals surface area contributed by atoms with Gasteiger partial charge in [-0.15, -0.1) is 24.0 Å². The van der Waals surface area contributed by atoms with Crippen molar-refractivity contribution in [1.82, 2.24) is 25.9 Å². The molecule has 0 radical (unpaired) electrons. The third-order valence-electron chi connectivity index (χ3n) is 4.84. The van der Waals surface area contributed by atoms with Crippen molar-refractivity contribution in [1.29, 1.82) is 0 Å². The second-order valence-electron chi connectivity index (χ2n) is 6.98. The standard InChI is InChI=1S/C22H30N6O2.HI/c1-5-9-20-26-21(30-28-20)16-11-8-10-15(12-16)13-24-22(23-4)25-14-17-18(6-2)27-29-19(17)7-3;/h8,10-12H,5-7,9,13-14H2,1-4H3,(H2,23,24,25);1H. The van der Waals surface area contributed by atoms with Crippen LogP contribution in [0.25, 0.3) is 11.5 Å².